The molecule has 1 fully saturated rings. The fraction of sp³-hybridized carbons (Fsp3) is 1.00. The van der Waals surface area contributed by atoms with Crippen LogP contribution in [0, 0.1) is 5.92 Å². The summed E-state index contributed by atoms with van der Waals surface area (Å²) in [6, 6.07) is 0. The second-order valence-corrected chi connectivity index (χ2v) is 4.91. The highest BCUT2D eigenvalue weighted by atomic mass is 16.5. The lowest BCUT2D eigenvalue weighted by Crippen LogP contribution is -2.41. The molecule has 0 N–H and O–H groups in total. The van der Waals surface area contributed by atoms with Gasteiger partial charge < -0.3 is 4.74 Å². The topological polar surface area (TPSA) is 9.23 Å². The molecule has 0 aromatic carbocycles. The maximum absolute atomic E-state index is 6.07. The van der Waals surface area contributed by atoms with Gasteiger partial charge in [0.1, 0.15) is 0 Å². The van der Waals surface area contributed by atoms with E-state index in [4.69, 9.17) is 12.6 Å². The molecule has 0 spiro atoms. The first-order valence-electron chi connectivity index (χ1n) is 6.00. The molecule has 0 aromatic heterocycles. The van der Waals surface area contributed by atoms with Gasteiger partial charge in [-0.1, -0.05) is 39.4 Å². The van der Waals surface area contributed by atoms with E-state index in [9.17, 15) is 0 Å². The van der Waals surface area contributed by atoms with Gasteiger partial charge in [0, 0.05) is 6.61 Å². The van der Waals surface area contributed by atoms with Gasteiger partial charge >= 0.3 is 0 Å². The van der Waals surface area contributed by atoms with Crippen LogP contribution < -0.4 is 0 Å². The van der Waals surface area contributed by atoms with Gasteiger partial charge in [-0.25, -0.2) is 0 Å². The monoisotopic (exact) mass is 194 g/mol. The normalized spacial score (nSPS) is 33.6. The summed E-state index contributed by atoms with van der Waals surface area (Å²) in [4.78, 5) is 0. The molecule has 0 atom stereocenters. The second-order valence-electron chi connectivity index (χ2n) is 4.91. The summed E-state index contributed by atoms with van der Waals surface area (Å²) >= 11 is 0. The van der Waals surface area contributed by atoms with Crippen molar-refractivity contribution in [2.75, 3.05) is 6.61 Å². The Morgan fingerprint density at radius 1 is 1.36 bits per heavy atom. The van der Waals surface area contributed by atoms with E-state index >= 15 is 0 Å². The molecular formula is C12H23BO. The molecule has 1 nitrogen and oxygen atoms in total. The van der Waals surface area contributed by atoms with Gasteiger partial charge in [-0.2, -0.15) is 0 Å². The minimum atomic E-state index is 0.131. The Balaban J connectivity index is 2.54. The van der Waals surface area contributed by atoms with Crippen molar-refractivity contribution in [2.24, 2.45) is 5.92 Å². The van der Waals surface area contributed by atoms with Gasteiger partial charge in [0.15, 0.2) is 0 Å². The molecule has 1 rings (SSSR count). The van der Waals surface area contributed by atoms with Crippen molar-refractivity contribution in [1.82, 2.24) is 0 Å². The molecule has 80 valence electrons. The van der Waals surface area contributed by atoms with Crippen molar-refractivity contribution in [2.45, 2.75) is 64.3 Å². The van der Waals surface area contributed by atoms with E-state index < -0.39 is 0 Å². The molecule has 14 heavy (non-hydrogen) atoms. The van der Waals surface area contributed by atoms with Crippen LogP contribution >= 0.6 is 0 Å². The van der Waals surface area contributed by atoms with E-state index in [2.05, 4.69) is 20.8 Å². The summed E-state index contributed by atoms with van der Waals surface area (Å²) in [5.41, 5.74) is 0.131. The van der Waals surface area contributed by atoms with Crippen molar-refractivity contribution in [3.63, 3.8) is 0 Å². The van der Waals surface area contributed by atoms with Crippen molar-refractivity contribution < 1.29 is 4.74 Å². The summed E-state index contributed by atoms with van der Waals surface area (Å²) < 4.78 is 6.07. The number of hydrogen-bond acceptors (Lipinski definition) is 1. The molecule has 2 heteroatoms. The zero-order valence-corrected chi connectivity index (χ0v) is 9.88. The SMILES string of the molecule is [B]C1CCC(OCCC)(C(C)C)CC1. The molecule has 1 aliphatic rings. The standard InChI is InChI=1S/C12H23BO/c1-4-9-14-12(10(2)3)7-5-11(13)6-8-12/h10-11H,4-9H2,1-3H3. The van der Waals surface area contributed by atoms with Crippen LogP contribution in [0.4, 0.5) is 0 Å². The highest BCUT2D eigenvalue weighted by Crippen LogP contribution is 2.41. The lowest BCUT2D eigenvalue weighted by Gasteiger charge is -2.42. The Bertz CT molecular complexity index is 154. The third-order valence-corrected chi connectivity index (χ3v) is 3.52. The van der Waals surface area contributed by atoms with Crippen molar-refractivity contribution >= 4 is 7.85 Å². The van der Waals surface area contributed by atoms with Gasteiger partial charge in [0.25, 0.3) is 0 Å². The molecule has 0 amide bonds. The molecule has 1 saturated carbocycles. The van der Waals surface area contributed by atoms with Gasteiger partial charge in [0.2, 0.25) is 0 Å². The lowest BCUT2D eigenvalue weighted by molar-refractivity contribution is -0.101. The summed E-state index contributed by atoms with van der Waals surface area (Å²) in [7, 11) is 5.93. The predicted octanol–water partition coefficient (Wildman–Crippen LogP) is 3.34. The minimum absolute atomic E-state index is 0.131. The van der Waals surface area contributed by atoms with Crippen LogP contribution in [0.3, 0.4) is 0 Å². The fourth-order valence-electron chi connectivity index (χ4n) is 2.32. The van der Waals surface area contributed by atoms with Crippen LogP contribution in [-0.4, -0.2) is 20.1 Å². The van der Waals surface area contributed by atoms with E-state index in [0.717, 1.165) is 38.7 Å². The highest BCUT2D eigenvalue weighted by molar-refractivity contribution is 6.11. The van der Waals surface area contributed by atoms with Gasteiger partial charge in [-0.15, -0.1) is 0 Å². The quantitative estimate of drug-likeness (QED) is 0.623. The van der Waals surface area contributed by atoms with Gasteiger partial charge in [-0.3, -0.25) is 0 Å². The first kappa shape index (κ1) is 12.1. The Morgan fingerprint density at radius 2 is 1.93 bits per heavy atom. The van der Waals surface area contributed by atoms with Crippen LogP contribution in [-0.2, 0) is 4.74 Å². The van der Waals surface area contributed by atoms with Crippen LogP contribution in [0.15, 0.2) is 0 Å². The summed E-state index contributed by atoms with van der Waals surface area (Å²) in [6.07, 6.45) is 5.65. The lowest BCUT2D eigenvalue weighted by atomic mass is 9.67. The van der Waals surface area contributed by atoms with Crippen molar-refractivity contribution in [1.29, 1.82) is 0 Å². The Kier molecular flexibility index (Phi) is 4.50. The zero-order chi connectivity index (χ0) is 10.6. The van der Waals surface area contributed by atoms with E-state index in [1.165, 1.54) is 0 Å². The molecular weight excluding hydrogens is 171 g/mol. The molecule has 2 radical (unpaired) electrons. The fourth-order valence-corrected chi connectivity index (χ4v) is 2.32. The first-order valence-corrected chi connectivity index (χ1v) is 6.00. The average molecular weight is 194 g/mol. The number of rotatable bonds is 4. The summed E-state index contributed by atoms with van der Waals surface area (Å²) in [5.74, 6) is 1.02. The Labute approximate surface area is 90.0 Å². The highest BCUT2D eigenvalue weighted by Gasteiger charge is 2.37. The molecule has 1 aliphatic carbocycles. The average Bonchev–Trinajstić information content (AvgIpc) is 2.17. The van der Waals surface area contributed by atoms with Crippen molar-refractivity contribution in [3.05, 3.63) is 0 Å². The molecule has 0 aromatic rings. The van der Waals surface area contributed by atoms with E-state index in [1.807, 2.05) is 0 Å². The summed E-state index contributed by atoms with van der Waals surface area (Å²) in [6.45, 7) is 7.61. The maximum atomic E-state index is 6.07. The molecule has 0 heterocycles. The number of ether oxygens (including phenoxy) is 1. The van der Waals surface area contributed by atoms with Gasteiger partial charge in [0.05, 0.1) is 13.4 Å². The summed E-state index contributed by atoms with van der Waals surface area (Å²) in [5, 5.41) is 0. The zero-order valence-electron chi connectivity index (χ0n) is 9.88. The Hall–Kier alpha value is 0.0249. The van der Waals surface area contributed by atoms with Gasteiger partial charge in [-0.05, 0) is 25.2 Å². The molecule has 0 aliphatic heterocycles. The largest absolute Gasteiger partial charge is 0.375 e. The maximum Gasteiger partial charge on any atom is 0.0705 e. The molecule has 0 bridgehead atoms. The minimum Gasteiger partial charge on any atom is -0.375 e. The Morgan fingerprint density at radius 3 is 2.36 bits per heavy atom. The predicted molar refractivity (Wildman–Crippen MR) is 61.8 cm³/mol. The number of hydrogen-bond donors (Lipinski definition) is 0. The van der Waals surface area contributed by atoms with Crippen LogP contribution in [0.5, 0.6) is 0 Å². The van der Waals surface area contributed by atoms with Crippen LogP contribution in [0.25, 0.3) is 0 Å². The molecule has 0 saturated heterocycles. The third kappa shape index (κ3) is 2.76. The van der Waals surface area contributed by atoms with E-state index in [0.29, 0.717) is 11.7 Å². The van der Waals surface area contributed by atoms with Crippen molar-refractivity contribution in [3.8, 4) is 0 Å². The third-order valence-electron chi connectivity index (χ3n) is 3.52. The smallest absolute Gasteiger partial charge is 0.0705 e. The van der Waals surface area contributed by atoms with E-state index in [1.54, 1.807) is 0 Å². The second kappa shape index (κ2) is 5.20. The van der Waals surface area contributed by atoms with Crippen LogP contribution in [0.2, 0.25) is 5.82 Å². The van der Waals surface area contributed by atoms with Crippen LogP contribution in [0.1, 0.15) is 52.9 Å². The van der Waals surface area contributed by atoms with E-state index in [-0.39, 0.29) is 5.60 Å². The first-order chi connectivity index (χ1) is 6.60. The molecule has 0 unspecified atom stereocenters.